The number of rotatable bonds is 5. The smallest absolute Gasteiger partial charge is 0.138 e. The fraction of sp³-hybridized carbons (Fsp3) is 0.722. The highest BCUT2D eigenvalue weighted by Gasteiger charge is 2.28. The molecule has 0 unspecified atom stereocenters. The Morgan fingerprint density at radius 3 is 2.38 bits per heavy atom. The molecular weight excluding hydrogens is 262 g/mol. The molecule has 1 saturated carbocycles. The van der Waals surface area contributed by atoms with Gasteiger partial charge in [0.2, 0.25) is 0 Å². The van der Waals surface area contributed by atoms with Gasteiger partial charge in [-0.05, 0) is 36.8 Å². The van der Waals surface area contributed by atoms with Crippen LogP contribution in [0.1, 0.15) is 66.0 Å². The van der Waals surface area contributed by atoms with Gasteiger partial charge in [0, 0.05) is 18.5 Å². The van der Waals surface area contributed by atoms with Gasteiger partial charge in [-0.1, -0.05) is 34.6 Å². The summed E-state index contributed by atoms with van der Waals surface area (Å²) in [6.45, 7) is 10.8. The molecule has 0 radical (unpaired) electrons. The largest absolute Gasteiger partial charge is 0.489 e. The van der Waals surface area contributed by atoms with Crippen molar-refractivity contribution in [2.75, 3.05) is 0 Å². The van der Waals surface area contributed by atoms with Crippen LogP contribution in [0.25, 0.3) is 0 Å². The van der Waals surface area contributed by atoms with Crippen LogP contribution < -0.4 is 4.74 Å². The van der Waals surface area contributed by atoms with E-state index in [2.05, 4.69) is 25.8 Å². The Bertz CT molecular complexity index is 389. The van der Waals surface area contributed by atoms with E-state index in [-0.39, 0.29) is 12.2 Å². The highest BCUT2D eigenvalue weighted by atomic mass is 16.5. The molecule has 1 heterocycles. The van der Waals surface area contributed by atoms with E-state index in [9.17, 15) is 5.11 Å². The molecule has 0 amide bonds. The van der Waals surface area contributed by atoms with E-state index in [1.54, 1.807) is 6.20 Å². The maximum absolute atomic E-state index is 9.21. The lowest BCUT2D eigenvalue weighted by Gasteiger charge is -2.31. The summed E-state index contributed by atoms with van der Waals surface area (Å²) in [5.74, 6) is 0.816. The summed E-state index contributed by atoms with van der Waals surface area (Å²) in [5, 5.41) is 9.21. The molecule has 3 heteroatoms. The van der Waals surface area contributed by atoms with Gasteiger partial charge in [0.1, 0.15) is 11.9 Å². The van der Waals surface area contributed by atoms with Crippen LogP contribution in [0.15, 0.2) is 18.3 Å². The molecule has 21 heavy (non-hydrogen) atoms. The van der Waals surface area contributed by atoms with Gasteiger partial charge < -0.3 is 9.84 Å². The van der Waals surface area contributed by atoms with Crippen molar-refractivity contribution >= 4 is 0 Å². The lowest BCUT2D eigenvalue weighted by atomic mass is 9.89. The molecule has 1 aliphatic carbocycles. The number of hydrogen-bond donors (Lipinski definition) is 1. The molecule has 1 aromatic rings. The van der Waals surface area contributed by atoms with Gasteiger partial charge in [0.25, 0.3) is 0 Å². The summed E-state index contributed by atoms with van der Waals surface area (Å²) in [6.07, 6.45) is 6.70. The molecule has 120 valence electrons. The van der Waals surface area contributed by atoms with Crippen LogP contribution in [-0.4, -0.2) is 22.3 Å². The van der Waals surface area contributed by atoms with Crippen molar-refractivity contribution in [2.45, 2.75) is 78.9 Å². The van der Waals surface area contributed by atoms with Gasteiger partial charge in [-0.15, -0.1) is 0 Å². The molecule has 0 spiro atoms. The maximum Gasteiger partial charge on any atom is 0.138 e. The molecular formula is C18H31NO2. The number of aromatic nitrogens is 1. The number of ether oxygens (including phenoxy) is 1. The Morgan fingerprint density at radius 1 is 1.24 bits per heavy atom. The summed E-state index contributed by atoms with van der Waals surface area (Å²) < 4.78 is 5.71. The number of aliphatic hydroxyl groups excluding tert-OH is 1. The minimum atomic E-state index is -0.172. The van der Waals surface area contributed by atoms with Crippen molar-refractivity contribution in [1.82, 2.24) is 4.98 Å². The van der Waals surface area contributed by atoms with E-state index in [1.165, 1.54) is 12.8 Å². The van der Waals surface area contributed by atoms with Gasteiger partial charge >= 0.3 is 0 Å². The standard InChI is InChI=1S/C16H25NO2.C2H6/c1-16(2,3)8-4-5-12-6-7-14(11-17-12)19-15-9-13(18)10-15;1-2/h6-7,11,13,15,18H,4-5,8-10H2,1-3H3;1-2H3. The summed E-state index contributed by atoms with van der Waals surface area (Å²) in [4.78, 5) is 4.44. The van der Waals surface area contributed by atoms with Crippen molar-refractivity contribution in [3.05, 3.63) is 24.0 Å². The fourth-order valence-electron chi connectivity index (χ4n) is 2.25. The van der Waals surface area contributed by atoms with Crippen LogP contribution in [0.2, 0.25) is 0 Å². The molecule has 1 aliphatic rings. The Morgan fingerprint density at radius 2 is 1.90 bits per heavy atom. The van der Waals surface area contributed by atoms with Gasteiger partial charge in [0.05, 0.1) is 12.3 Å². The molecule has 1 aromatic heterocycles. The van der Waals surface area contributed by atoms with Gasteiger partial charge in [0.15, 0.2) is 0 Å². The number of hydrogen-bond acceptors (Lipinski definition) is 3. The topological polar surface area (TPSA) is 42.4 Å². The number of pyridine rings is 1. The molecule has 1 fully saturated rings. The van der Waals surface area contributed by atoms with Crippen molar-refractivity contribution in [1.29, 1.82) is 0 Å². The van der Waals surface area contributed by atoms with Gasteiger partial charge in [-0.2, -0.15) is 0 Å². The minimum absolute atomic E-state index is 0.170. The number of nitrogens with zero attached hydrogens (tertiary/aromatic N) is 1. The second kappa shape index (κ2) is 8.38. The van der Waals surface area contributed by atoms with E-state index in [1.807, 2.05) is 26.0 Å². The van der Waals surface area contributed by atoms with Crippen LogP contribution in [0.5, 0.6) is 5.75 Å². The first-order valence-corrected chi connectivity index (χ1v) is 8.22. The highest BCUT2D eigenvalue weighted by molar-refractivity contribution is 5.20. The Hall–Kier alpha value is -1.09. The van der Waals surface area contributed by atoms with Crippen LogP contribution in [0, 0.1) is 5.41 Å². The summed E-state index contributed by atoms with van der Waals surface area (Å²) in [6, 6.07) is 4.04. The minimum Gasteiger partial charge on any atom is -0.489 e. The lowest BCUT2D eigenvalue weighted by Crippen LogP contribution is -2.37. The molecule has 0 saturated heterocycles. The fourth-order valence-corrected chi connectivity index (χ4v) is 2.25. The maximum atomic E-state index is 9.21. The average Bonchev–Trinajstić information content (AvgIpc) is 2.40. The quantitative estimate of drug-likeness (QED) is 0.876. The first-order valence-electron chi connectivity index (χ1n) is 8.22. The first kappa shape index (κ1) is 18.0. The summed E-state index contributed by atoms with van der Waals surface area (Å²) in [7, 11) is 0. The second-order valence-corrected chi connectivity index (χ2v) is 6.76. The third kappa shape index (κ3) is 6.94. The lowest BCUT2D eigenvalue weighted by molar-refractivity contribution is -0.0109. The molecule has 0 bridgehead atoms. The van der Waals surface area contributed by atoms with E-state index in [0.717, 1.165) is 30.7 Å². The molecule has 3 nitrogen and oxygen atoms in total. The summed E-state index contributed by atoms with van der Waals surface area (Å²) >= 11 is 0. The predicted molar refractivity (Wildman–Crippen MR) is 87.6 cm³/mol. The molecule has 0 aliphatic heterocycles. The van der Waals surface area contributed by atoms with Gasteiger partial charge in [-0.3, -0.25) is 4.98 Å². The van der Waals surface area contributed by atoms with E-state index in [4.69, 9.17) is 4.74 Å². The zero-order valence-electron chi connectivity index (χ0n) is 14.2. The number of aryl methyl sites for hydroxylation is 1. The van der Waals surface area contributed by atoms with Crippen molar-refractivity contribution in [2.24, 2.45) is 5.41 Å². The monoisotopic (exact) mass is 293 g/mol. The van der Waals surface area contributed by atoms with Crippen LogP contribution in [0.4, 0.5) is 0 Å². The molecule has 0 atom stereocenters. The number of aliphatic hydroxyl groups is 1. The average molecular weight is 293 g/mol. The van der Waals surface area contributed by atoms with Gasteiger partial charge in [-0.25, -0.2) is 0 Å². The van der Waals surface area contributed by atoms with E-state index in [0.29, 0.717) is 5.41 Å². The van der Waals surface area contributed by atoms with Crippen LogP contribution in [0.3, 0.4) is 0 Å². The molecule has 1 N–H and O–H groups in total. The normalized spacial score (nSPS) is 21.0. The zero-order chi connectivity index (χ0) is 15.9. The Kier molecular flexibility index (Phi) is 7.16. The van der Waals surface area contributed by atoms with Crippen molar-refractivity contribution in [3.63, 3.8) is 0 Å². The zero-order valence-corrected chi connectivity index (χ0v) is 14.2. The van der Waals surface area contributed by atoms with Crippen LogP contribution >= 0.6 is 0 Å². The van der Waals surface area contributed by atoms with Crippen molar-refractivity contribution < 1.29 is 9.84 Å². The Labute approximate surface area is 129 Å². The summed E-state index contributed by atoms with van der Waals surface area (Å²) in [5.41, 5.74) is 1.53. The van der Waals surface area contributed by atoms with Crippen molar-refractivity contribution in [3.8, 4) is 5.75 Å². The molecule has 2 rings (SSSR count). The van der Waals surface area contributed by atoms with Crippen LogP contribution in [-0.2, 0) is 6.42 Å². The SMILES string of the molecule is CC.CC(C)(C)CCCc1ccc(OC2CC(O)C2)cn1. The third-order valence-corrected chi connectivity index (χ3v) is 3.53. The first-order chi connectivity index (χ1) is 9.92. The molecule has 0 aromatic carbocycles. The second-order valence-electron chi connectivity index (χ2n) is 6.76. The van der Waals surface area contributed by atoms with E-state index >= 15 is 0 Å². The highest BCUT2D eigenvalue weighted by Crippen LogP contribution is 2.26. The Balaban J connectivity index is 0.00000106. The van der Waals surface area contributed by atoms with E-state index < -0.39 is 0 Å². The predicted octanol–water partition coefficient (Wildman–Crippen LogP) is 4.38. The third-order valence-electron chi connectivity index (χ3n) is 3.53.